The highest BCUT2D eigenvalue weighted by Gasteiger charge is 2.22. The maximum absolute atomic E-state index is 13.3. The topological polar surface area (TPSA) is 59.8 Å². The Labute approximate surface area is 213 Å². The monoisotopic (exact) mass is 496 g/mol. The van der Waals surface area contributed by atoms with E-state index >= 15 is 0 Å². The molecule has 1 aromatic heterocycles. The molecule has 0 saturated carbocycles. The van der Waals surface area contributed by atoms with E-state index in [4.69, 9.17) is 0 Å². The summed E-state index contributed by atoms with van der Waals surface area (Å²) in [6.45, 7) is 3.94. The molecule has 5 rings (SSSR count). The quantitative estimate of drug-likeness (QED) is 0.256. The Hall–Kier alpha value is -3.97. The fourth-order valence-corrected chi connectivity index (χ4v) is 5.00. The van der Waals surface area contributed by atoms with Gasteiger partial charge in [0.05, 0.1) is 6.04 Å². The number of halogens is 1. The van der Waals surface area contributed by atoms with Gasteiger partial charge < -0.3 is 5.32 Å². The molecule has 5 nitrogen and oxygen atoms in total. The highest BCUT2D eigenvalue weighted by Crippen LogP contribution is 2.28. The Bertz CT molecular complexity index is 1510. The molecule has 180 valence electrons. The minimum absolute atomic E-state index is 0.168. The summed E-state index contributed by atoms with van der Waals surface area (Å²) in [7, 11) is 0. The van der Waals surface area contributed by atoms with Crippen molar-refractivity contribution in [2.24, 2.45) is 0 Å². The minimum Gasteiger partial charge on any atom is -0.342 e. The van der Waals surface area contributed by atoms with Crippen molar-refractivity contribution in [1.82, 2.24) is 20.1 Å². The van der Waals surface area contributed by atoms with Crippen LogP contribution in [0.3, 0.4) is 0 Å². The maximum atomic E-state index is 13.3. The SMILES string of the molecule is Cc1ccc(-n2c(SCc3ccc(F)cc3)nnc2C(C)NC(=O)c2cccc3ccccc23)cc1. The lowest BCUT2D eigenvalue weighted by Crippen LogP contribution is -2.28. The van der Waals surface area contributed by atoms with Crippen LogP contribution in [0.15, 0.2) is 96.2 Å². The van der Waals surface area contributed by atoms with Gasteiger partial charge in [-0.2, -0.15) is 0 Å². The number of nitrogens with zero attached hydrogens (tertiary/aromatic N) is 3. The molecule has 0 spiro atoms. The zero-order valence-electron chi connectivity index (χ0n) is 20.0. The number of carbonyl (C=O) groups excluding carboxylic acids is 1. The number of hydrogen-bond acceptors (Lipinski definition) is 4. The standard InChI is InChI=1S/C29H25FN4OS/c1-19-10-16-24(17-11-19)34-27(32-33-29(34)36-18-21-12-14-23(30)15-13-21)20(2)31-28(35)26-9-5-7-22-6-3-4-8-25(22)26/h3-17,20H,18H2,1-2H3,(H,31,35). The molecule has 1 amide bonds. The summed E-state index contributed by atoms with van der Waals surface area (Å²) in [6.07, 6.45) is 0. The summed E-state index contributed by atoms with van der Waals surface area (Å²) < 4.78 is 15.3. The first-order valence-corrected chi connectivity index (χ1v) is 12.7. The molecule has 7 heteroatoms. The summed E-state index contributed by atoms with van der Waals surface area (Å²) in [5.41, 5.74) is 3.66. The lowest BCUT2D eigenvalue weighted by atomic mass is 10.0. The predicted molar refractivity (Wildman–Crippen MR) is 142 cm³/mol. The lowest BCUT2D eigenvalue weighted by Gasteiger charge is -2.17. The van der Waals surface area contributed by atoms with Gasteiger partial charge in [0, 0.05) is 17.0 Å². The third-order valence-electron chi connectivity index (χ3n) is 6.00. The molecule has 1 atom stereocenters. The van der Waals surface area contributed by atoms with E-state index in [1.807, 2.05) is 85.1 Å². The molecular formula is C29H25FN4OS. The van der Waals surface area contributed by atoms with Crippen molar-refractivity contribution in [3.63, 3.8) is 0 Å². The number of amides is 1. The molecule has 1 heterocycles. The van der Waals surface area contributed by atoms with Crippen LogP contribution in [-0.2, 0) is 5.75 Å². The van der Waals surface area contributed by atoms with Crippen LogP contribution in [0.4, 0.5) is 4.39 Å². The van der Waals surface area contributed by atoms with Gasteiger partial charge in [0.2, 0.25) is 0 Å². The maximum Gasteiger partial charge on any atom is 0.252 e. The number of rotatable bonds is 7. The second-order valence-corrected chi connectivity index (χ2v) is 9.59. The highest BCUT2D eigenvalue weighted by atomic mass is 32.2. The van der Waals surface area contributed by atoms with Crippen LogP contribution in [0.2, 0.25) is 0 Å². The molecule has 0 saturated heterocycles. The third kappa shape index (κ3) is 5.02. The molecule has 0 radical (unpaired) electrons. The van der Waals surface area contributed by atoms with Crippen LogP contribution in [-0.4, -0.2) is 20.7 Å². The van der Waals surface area contributed by atoms with Gasteiger partial charge in [-0.15, -0.1) is 10.2 Å². The molecule has 0 bridgehead atoms. The van der Waals surface area contributed by atoms with Crippen molar-refractivity contribution in [2.75, 3.05) is 0 Å². The van der Waals surface area contributed by atoms with Crippen molar-refractivity contribution >= 4 is 28.4 Å². The van der Waals surface area contributed by atoms with Gasteiger partial charge in [-0.3, -0.25) is 9.36 Å². The molecule has 0 aliphatic carbocycles. The number of carbonyl (C=O) groups is 1. The van der Waals surface area contributed by atoms with Crippen molar-refractivity contribution < 1.29 is 9.18 Å². The zero-order chi connectivity index (χ0) is 25.1. The number of thioether (sulfide) groups is 1. The molecule has 5 aromatic rings. The Kier molecular flexibility index (Phi) is 6.82. The number of nitrogens with one attached hydrogen (secondary N) is 1. The van der Waals surface area contributed by atoms with E-state index in [0.717, 1.165) is 27.6 Å². The molecular weight excluding hydrogens is 471 g/mol. The first-order valence-electron chi connectivity index (χ1n) is 11.7. The van der Waals surface area contributed by atoms with Gasteiger partial charge in [-0.25, -0.2) is 4.39 Å². The van der Waals surface area contributed by atoms with Crippen molar-refractivity contribution in [3.05, 3.63) is 119 Å². The van der Waals surface area contributed by atoms with E-state index in [1.165, 1.54) is 23.9 Å². The number of aromatic nitrogens is 3. The first kappa shape index (κ1) is 23.8. The smallest absolute Gasteiger partial charge is 0.252 e. The number of aryl methyl sites for hydroxylation is 1. The molecule has 1 N–H and O–H groups in total. The minimum atomic E-state index is -0.398. The molecule has 0 fully saturated rings. The summed E-state index contributed by atoms with van der Waals surface area (Å²) >= 11 is 1.51. The second-order valence-electron chi connectivity index (χ2n) is 8.65. The fraction of sp³-hybridized carbons (Fsp3) is 0.138. The third-order valence-corrected chi connectivity index (χ3v) is 7.00. The van der Waals surface area contributed by atoms with Gasteiger partial charge in [-0.1, -0.05) is 78.0 Å². The van der Waals surface area contributed by atoms with E-state index in [0.29, 0.717) is 22.3 Å². The number of fused-ring (bicyclic) bond motifs is 1. The number of hydrogen-bond donors (Lipinski definition) is 1. The summed E-state index contributed by atoms with van der Waals surface area (Å²) in [5.74, 6) is 0.818. The van der Waals surface area contributed by atoms with Crippen LogP contribution in [0.25, 0.3) is 16.5 Å². The first-order chi connectivity index (χ1) is 17.5. The van der Waals surface area contributed by atoms with Gasteiger partial charge in [0.15, 0.2) is 11.0 Å². The van der Waals surface area contributed by atoms with Crippen LogP contribution < -0.4 is 5.32 Å². The largest absolute Gasteiger partial charge is 0.342 e. The zero-order valence-corrected chi connectivity index (χ0v) is 20.8. The van der Waals surface area contributed by atoms with Crippen molar-refractivity contribution in [2.45, 2.75) is 30.8 Å². The average molecular weight is 497 g/mol. The second kappa shape index (κ2) is 10.3. The van der Waals surface area contributed by atoms with E-state index in [9.17, 15) is 9.18 Å². The lowest BCUT2D eigenvalue weighted by molar-refractivity contribution is 0.0939. The van der Waals surface area contributed by atoms with Crippen LogP contribution in [0, 0.1) is 12.7 Å². The van der Waals surface area contributed by atoms with E-state index in [-0.39, 0.29) is 11.7 Å². The molecule has 4 aromatic carbocycles. The van der Waals surface area contributed by atoms with Crippen molar-refractivity contribution in [3.8, 4) is 5.69 Å². The van der Waals surface area contributed by atoms with Crippen LogP contribution >= 0.6 is 11.8 Å². The fourth-order valence-electron chi connectivity index (χ4n) is 4.08. The number of benzene rings is 4. The predicted octanol–water partition coefficient (Wildman–Crippen LogP) is 6.65. The molecule has 0 aliphatic heterocycles. The summed E-state index contributed by atoms with van der Waals surface area (Å²) in [5, 5.41) is 14.6. The van der Waals surface area contributed by atoms with Crippen molar-refractivity contribution in [1.29, 1.82) is 0 Å². The molecule has 0 aliphatic rings. The van der Waals surface area contributed by atoms with Gasteiger partial charge in [-0.05, 0) is 60.5 Å². The summed E-state index contributed by atoms with van der Waals surface area (Å²) in [6, 6.07) is 27.7. The van der Waals surface area contributed by atoms with E-state index < -0.39 is 6.04 Å². The Morgan fingerprint density at radius 3 is 2.44 bits per heavy atom. The molecule has 36 heavy (non-hydrogen) atoms. The normalized spacial score (nSPS) is 12.0. The van der Waals surface area contributed by atoms with Gasteiger partial charge in [0.1, 0.15) is 5.82 Å². The van der Waals surface area contributed by atoms with Gasteiger partial charge >= 0.3 is 0 Å². The van der Waals surface area contributed by atoms with Crippen LogP contribution in [0.5, 0.6) is 0 Å². The highest BCUT2D eigenvalue weighted by molar-refractivity contribution is 7.98. The Morgan fingerprint density at radius 1 is 0.944 bits per heavy atom. The van der Waals surface area contributed by atoms with Crippen LogP contribution in [0.1, 0.15) is 40.3 Å². The van der Waals surface area contributed by atoms with E-state index in [2.05, 4.69) is 15.5 Å². The Balaban J connectivity index is 1.44. The van der Waals surface area contributed by atoms with Gasteiger partial charge in [0.25, 0.3) is 5.91 Å². The van der Waals surface area contributed by atoms with E-state index in [1.54, 1.807) is 12.1 Å². The molecule has 1 unspecified atom stereocenters. The summed E-state index contributed by atoms with van der Waals surface area (Å²) in [4.78, 5) is 13.3. The average Bonchev–Trinajstić information content (AvgIpc) is 3.32. The Morgan fingerprint density at radius 2 is 1.67 bits per heavy atom.